The lowest BCUT2D eigenvalue weighted by atomic mass is 10.1. The van der Waals surface area contributed by atoms with Crippen LogP contribution in [0.2, 0.25) is 0 Å². The van der Waals surface area contributed by atoms with Crippen LogP contribution in [0.25, 0.3) is 10.9 Å². The summed E-state index contributed by atoms with van der Waals surface area (Å²) in [5.41, 5.74) is 11.8. The number of fused-ring (bicyclic) bond motifs is 2. The predicted octanol–water partition coefficient (Wildman–Crippen LogP) is 4.41. The highest BCUT2D eigenvalue weighted by molar-refractivity contribution is 5.93. The van der Waals surface area contributed by atoms with E-state index < -0.39 is 0 Å². The van der Waals surface area contributed by atoms with Crippen molar-refractivity contribution in [1.82, 2.24) is 4.98 Å². The van der Waals surface area contributed by atoms with Gasteiger partial charge in [0.1, 0.15) is 11.5 Å². The Kier molecular flexibility index (Phi) is 3.00. The number of aryl methyl sites for hydroxylation is 2. The fourth-order valence-electron chi connectivity index (χ4n) is 3.08. The van der Waals surface area contributed by atoms with Crippen molar-refractivity contribution in [3.63, 3.8) is 0 Å². The van der Waals surface area contributed by atoms with Crippen molar-refractivity contribution in [3.8, 4) is 11.5 Å². The van der Waals surface area contributed by atoms with Crippen LogP contribution in [0.1, 0.15) is 23.2 Å². The summed E-state index contributed by atoms with van der Waals surface area (Å²) >= 11 is 0. The Balaban J connectivity index is 1.75. The molecule has 22 heavy (non-hydrogen) atoms. The molecule has 0 bridgehead atoms. The lowest BCUT2D eigenvalue weighted by Gasteiger charge is -2.11. The predicted molar refractivity (Wildman–Crippen MR) is 89.4 cm³/mol. The van der Waals surface area contributed by atoms with E-state index in [0.717, 1.165) is 53.0 Å². The zero-order valence-corrected chi connectivity index (χ0v) is 12.6. The van der Waals surface area contributed by atoms with Gasteiger partial charge in [-0.05, 0) is 62.1 Å². The first-order chi connectivity index (χ1) is 10.7. The maximum Gasteiger partial charge on any atom is 0.128 e. The molecule has 1 aliphatic carbocycles. The Morgan fingerprint density at radius 1 is 1.00 bits per heavy atom. The molecule has 0 atom stereocenters. The molecule has 3 heteroatoms. The van der Waals surface area contributed by atoms with Crippen LogP contribution >= 0.6 is 0 Å². The minimum absolute atomic E-state index is 0.794. The average molecular weight is 290 g/mol. The van der Waals surface area contributed by atoms with E-state index in [1.165, 1.54) is 11.1 Å². The van der Waals surface area contributed by atoms with Crippen molar-refractivity contribution >= 4 is 16.6 Å². The molecule has 3 nitrogen and oxygen atoms in total. The average Bonchev–Trinajstić information content (AvgIpc) is 2.99. The normalized spacial score (nSPS) is 13.3. The number of nitrogens with two attached hydrogens (primary N) is 1. The fraction of sp³-hybridized carbons (Fsp3) is 0.211. The summed E-state index contributed by atoms with van der Waals surface area (Å²) in [5.74, 6) is 1.63. The van der Waals surface area contributed by atoms with Gasteiger partial charge < -0.3 is 10.5 Å². The van der Waals surface area contributed by atoms with Crippen LogP contribution in [-0.4, -0.2) is 4.98 Å². The first-order valence-electron chi connectivity index (χ1n) is 7.66. The molecule has 1 aliphatic rings. The third-order valence-corrected chi connectivity index (χ3v) is 4.28. The number of pyridine rings is 1. The second-order valence-corrected chi connectivity index (χ2v) is 5.90. The molecule has 0 radical (unpaired) electrons. The highest BCUT2D eigenvalue weighted by atomic mass is 16.5. The summed E-state index contributed by atoms with van der Waals surface area (Å²) in [6.45, 7) is 2.06. The molecule has 0 saturated heterocycles. The van der Waals surface area contributed by atoms with Gasteiger partial charge in [0.05, 0.1) is 5.52 Å². The smallest absolute Gasteiger partial charge is 0.128 e. The summed E-state index contributed by atoms with van der Waals surface area (Å²) in [4.78, 5) is 4.74. The van der Waals surface area contributed by atoms with Gasteiger partial charge in [0.2, 0.25) is 0 Å². The first kappa shape index (κ1) is 13.1. The van der Waals surface area contributed by atoms with Crippen LogP contribution < -0.4 is 10.5 Å². The van der Waals surface area contributed by atoms with Gasteiger partial charge in [-0.25, -0.2) is 0 Å². The zero-order valence-electron chi connectivity index (χ0n) is 12.6. The van der Waals surface area contributed by atoms with Gasteiger partial charge in [-0.2, -0.15) is 0 Å². The summed E-state index contributed by atoms with van der Waals surface area (Å²) < 4.78 is 5.93. The van der Waals surface area contributed by atoms with Crippen LogP contribution in [0.3, 0.4) is 0 Å². The van der Waals surface area contributed by atoms with Crippen molar-refractivity contribution in [2.45, 2.75) is 26.2 Å². The number of hydrogen-bond donors (Lipinski definition) is 1. The topological polar surface area (TPSA) is 48.1 Å². The quantitative estimate of drug-likeness (QED) is 0.760. The third kappa shape index (κ3) is 2.19. The van der Waals surface area contributed by atoms with E-state index in [1.807, 2.05) is 42.5 Å². The van der Waals surface area contributed by atoms with E-state index in [1.54, 1.807) is 0 Å². The van der Waals surface area contributed by atoms with Crippen molar-refractivity contribution in [3.05, 3.63) is 59.3 Å². The number of rotatable bonds is 2. The molecule has 1 aromatic heterocycles. The van der Waals surface area contributed by atoms with Gasteiger partial charge in [0, 0.05) is 16.8 Å². The van der Waals surface area contributed by atoms with Crippen LogP contribution in [0.15, 0.2) is 42.5 Å². The molecule has 3 aromatic rings. The van der Waals surface area contributed by atoms with Crippen LogP contribution in [0.4, 0.5) is 5.69 Å². The molecular weight excluding hydrogens is 272 g/mol. The number of nitrogen functional groups attached to an aromatic ring is 1. The number of benzene rings is 2. The highest BCUT2D eigenvalue weighted by Crippen LogP contribution is 2.34. The minimum atomic E-state index is 0.794. The van der Waals surface area contributed by atoms with Crippen LogP contribution in [-0.2, 0) is 12.8 Å². The number of nitrogens with zero attached hydrogens (tertiary/aromatic N) is 1. The van der Waals surface area contributed by atoms with E-state index in [0.29, 0.717) is 0 Å². The largest absolute Gasteiger partial charge is 0.457 e. The molecule has 0 fully saturated rings. The van der Waals surface area contributed by atoms with E-state index in [2.05, 4.69) is 6.92 Å². The molecule has 0 aliphatic heterocycles. The molecule has 0 spiro atoms. The fourth-order valence-corrected chi connectivity index (χ4v) is 3.08. The van der Waals surface area contributed by atoms with Crippen LogP contribution in [0, 0.1) is 6.92 Å². The number of hydrogen-bond acceptors (Lipinski definition) is 3. The number of aromatic nitrogens is 1. The summed E-state index contributed by atoms with van der Waals surface area (Å²) in [6.07, 6.45) is 3.22. The van der Waals surface area contributed by atoms with E-state index in [9.17, 15) is 0 Å². The van der Waals surface area contributed by atoms with Crippen LogP contribution in [0.5, 0.6) is 11.5 Å². The Morgan fingerprint density at radius 3 is 2.59 bits per heavy atom. The SMILES string of the molecule is Cc1ccc(Oc2ccc3nc4c(c(N)c3c2)CCC4)cc1. The molecular formula is C19H18N2O. The van der Waals surface area contributed by atoms with E-state index >= 15 is 0 Å². The molecule has 0 unspecified atom stereocenters. The second-order valence-electron chi connectivity index (χ2n) is 5.90. The zero-order chi connectivity index (χ0) is 15.1. The van der Waals surface area contributed by atoms with E-state index in [4.69, 9.17) is 15.5 Å². The summed E-state index contributed by atoms with van der Waals surface area (Å²) in [7, 11) is 0. The molecule has 110 valence electrons. The summed E-state index contributed by atoms with van der Waals surface area (Å²) in [5, 5.41) is 0.991. The molecule has 1 heterocycles. The number of ether oxygens (including phenoxy) is 1. The maximum atomic E-state index is 6.36. The lowest BCUT2D eigenvalue weighted by molar-refractivity contribution is 0.483. The first-order valence-corrected chi connectivity index (χ1v) is 7.66. The molecule has 2 N–H and O–H groups in total. The van der Waals surface area contributed by atoms with Crippen molar-refractivity contribution in [2.24, 2.45) is 0 Å². The third-order valence-electron chi connectivity index (χ3n) is 4.28. The molecule has 0 amide bonds. The van der Waals surface area contributed by atoms with Crippen molar-refractivity contribution in [1.29, 1.82) is 0 Å². The lowest BCUT2D eigenvalue weighted by Crippen LogP contribution is -1.98. The molecule has 0 saturated carbocycles. The number of anilines is 1. The standard InChI is InChI=1S/C19H18N2O/c1-12-5-7-13(8-6-12)22-14-9-10-18-16(11-14)19(20)15-3-2-4-17(15)21-18/h5-11H,2-4H2,1H3,(H2,20,21). The van der Waals surface area contributed by atoms with Gasteiger partial charge >= 0.3 is 0 Å². The molecule has 4 rings (SSSR count). The minimum Gasteiger partial charge on any atom is -0.457 e. The Hall–Kier alpha value is -2.55. The Morgan fingerprint density at radius 2 is 1.77 bits per heavy atom. The van der Waals surface area contributed by atoms with Gasteiger partial charge in [-0.15, -0.1) is 0 Å². The van der Waals surface area contributed by atoms with E-state index in [-0.39, 0.29) is 0 Å². The maximum absolute atomic E-state index is 6.36. The molecule has 2 aromatic carbocycles. The Bertz CT molecular complexity index is 853. The van der Waals surface area contributed by atoms with Gasteiger partial charge in [0.15, 0.2) is 0 Å². The van der Waals surface area contributed by atoms with Crippen molar-refractivity contribution < 1.29 is 4.74 Å². The van der Waals surface area contributed by atoms with Gasteiger partial charge in [-0.1, -0.05) is 17.7 Å². The van der Waals surface area contributed by atoms with Crippen molar-refractivity contribution in [2.75, 3.05) is 5.73 Å². The second kappa shape index (κ2) is 5.02. The summed E-state index contributed by atoms with van der Waals surface area (Å²) in [6, 6.07) is 14.0. The van der Waals surface area contributed by atoms with Gasteiger partial charge in [-0.3, -0.25) is 4.98 Å². The Labute approximate surface area is 129 Å². The van der Waals surface area contributed by atoms with Gasteiger partial charge in [0.25, 0.3) is 0 Å². The monoisotopic (exact) mass is 290 g/mol. The highest BCUT2D eigenvalue weighted by Gasteiger charge is 2.18.